The van der Waals surface area contributed by atoms with Crippen LogP contribution in [0.4, 0.5) is 5.95 Å². The zero-order valence-electron chi connectivity index (χ0n) is 12.7. The molecule has 1 aliphatic rings. The van der Waals surface area contributed by atoms with Crippen molar-refractivity contribution in [3.05, 3.63) is 54.4 Å². The van der Waals surface area contributed by atoms with Gasteiger partial charge in [-0.25, -0.2) is 9.97 Å². The molecule has 5 heteroatoms. The van der Waals surface area contributed by atoms with Crippen molar-refractivity contribution in [2.45, 2.75) is 11.8 Å². The molecule has 0 unspecified atom stereocenters. The maximum atomic E-state index is 4.69. The molecule has 0 atom stereocenters. The fourth-order valence-corrected chi connectivity index (χ4v) is 3.24. The Hall–Kier alpha value is -1.85. The molecule has 0 bridgehead atoms. The highest BCUT2D eigenvalue weighted by atomic mass is 32.2. The molecular weight excluding hydrogens is 292 g/mol. The number of rotatable bonds is 4. The molecule has 1 aliphatic heterocycles. The minimum absolute atomic E-state index is 0.797. The van der Waals surface area contributed by atoms with Gasteiger partial charge in [-0.1, -0.05) is 36.5 Å². The maximum absolute atomic E-state index is 4.69. The number of aryl methyl sites for hydroxylation is 1. The van der Waals surface area contributed by atoms with Crippen molar-refractivity contribution in [1.29, 1.82) is 0 Å². The lowest BCUT2D eigenvalue weighted by atomic mass is 10.2. The van der Waals surface area contributed by atoms with Crippen LogP contribution in [0.25, 0.3) is 4.91 Å². The van der Waals surface area contributed by atoms with E-state index < -0.39 is 0 Å². The van der Waals surface area contributed by atoms with Crippen molar-refractivity contribution in [2.24, 2.45) is 0 Å². The second-order valence-corrected chi connectivity index (χ2v) is 6.41. The second kappa shape index (κ2) is 6.94. The molecule has 0 spiro atoms. The Labute approximate surface area is 135 Å². The van der Waals surface area contributed by atoms with Gasteiger partial charge in [0.15, 0.2) is 0 Å². The van der Waals surface area contributed by atoms with Crippen LogP contribution in [0.3, 0.4) is 0 Å². The molecule has 1 saturated heterocycles. The average Bonchev–Trinajstić information content (AvgIpc) is 2.58. The van der Waals surface area contributed by atoms with Crippen molar-refractivity contribution in [3.8, 4) is 0 Å². The van der Waals surface area contributed by atoms with Gasteiger partial charge in [-0.05, 0) is 24.6 Å². The van der Waals surface area contributed by atoms with Crippen LogP contribution in [0.1, 0.15) is 11.3 Å². The van der Waals surface area contributed by atoms with Gasteiger partial charge in [-0.3, -0.25) is 0 Å². The van der Waals surface area contributed by atoms with Gasteiger partial charge in [0.2, 0.25) is 5.95 Å². The van der Waals surface area contributed by atoms with Gasteiger partial charge in [0, 0.05) is 42.2 Å². The Morgan fingerprint density at radius 3 is 2.77 bits per heavy atom. The summed E-state index contributed by atoms with van der Waals surface area (Å²) >= 11 is 1.66. The van der Waals surface area contributed by atoms with Gasteiger partial charge >= 0.3 is 0 Å². The number of hydrogen-bond donors (Lipinski definition) is 1. The number of thioether (sulfide) groups is 1. The Balaban J connectivity index is 1.76. The van der Waals surface area contributed by atoms with Crippen LogP contribution in [0.15, 0.2) is 48.0 Å². The van der Waals surface area contributed by atoms with Gasteiger partial charge in [0.05, 0.1) is 5.69 Å². The van der Waals surface area contributed by atoms with Crippen LogP contribution in [-0.2, 0) is 0 Å². The van der Waals surface area contributed by atoms with Crippen LogP contribution in [0, 0.1) is 6.92 Å². The lowest BCUT2D eigenvalue weighted by Gasteiger charge is -2.27. The third kappa shape index (κ3) is 3.48. The maximum Gasteiger partial charge on any atom is 0.225 e. The Morgan fingerprint density at radius 2 is 2.00 bits per heavy atom. The Kier molecular flexibility index (Phi) is 4.75. The summed E-state index contributed by atoms with van der Waals surface area (Å²) in [7, 11) is 0. The van der Waals surface area contributed by atoms with E-state index in [9.17, 15) is 0 Å². The fourth-order valence-electron chi connectivity index (χ4n) is 2.38. The van der Waals surface area contributed by atoms with Crippen LogP contribution in [-0.4, -0.2) is 36.1 Å². The first-order valence-electron chi connectivity index (χ1n) is 7.45. The molecule has 0 aliphatic carbocycles. The molecule has 1 aromatic carbocycles. The number of anilines is 1. The molecule has 22 heavy (non-hydrogen) atoms. The highest BCUT2D eigenvalue weighted by molar-refractivity contribution is 8.08. The quantitative estimate of drug-likeness (QED) is 0.879. The highest BCUT2D eigenvalue weighted by Crippen LogP contribution is 2.33. The first-order chi connectivity index (χ1) is 10.7. The van der Waals surface area contributed by atoms with Crippen molar-refractivity contribution < 1.29 is 0 Å². The van der Waals surface area contributed by atoms with Crippen LogP contribution >= 0.6 is 11.8 Å². The predicted molar refractivity (Wildman–Crippen MR) is 93.2 cm³/mol. The molecule has 1 fully saturated rings. The number of nitrogens with one attached hydrogen (secondary N) is 1. The molecule has 2 heterocycles. The van der Waals surface area contributed by atoms with Gasteiger partial charge < -0.3 is 10.2 Å². The van der Waals surface area contributed by atoms with E-state index in [0.717, 1.165) is 42.7 Å². The second-order valence-electron chi connectivity index (χ2n) is 5.27. The molecule has 1 N–H and O–H groups in total. The molecule has 0 amide bonds. The van der Waals surface area contributed by atoms with E-state index in [2.05, 4.69) is 58.0 Å². The lowest BCUT2D eigenvalue weighted by molar-refractivity contribution is 0.579. The van der Waals surface area contributed by atoms with E-state index in [4.69, 9.17) is 0 Å². The third-order valence-electron chi connectivity index (χ3n) is 3.66. The summed E-state index contributed by atoms with van der Waals surface area (Å²) in [5.41, 5.74) is 2.15. The molecule has 114 valence electrons. The molecule has 3 rings (SSSR count). The minimum atomic E-state index is 0.797. The van der Waals surface area contributed by atoms with Gasteiger partial charge in [-0.15, -0.1) is 0 Å². The summed E-state index contributed by atoms with van der Waals surface area (Å²) in [6, 6.07) is 10.3. The van der Waals surface area contributed by atoms with E-state index >= 15 is 0 Å². The smallest absolute Gasteiger partial charge is 0.225 e. The van der Waals surface area contributed by atoms with Crippen molar-refractivity contribution in [2.75, 3.05) is 31.1 Å². The van der Waals surface area contributed by atoms with Crippen LogP contribution in [0.2, 0.25) is 0 Å². The zero-order valence-corrected chi connectivity index (χ0v) is 13.6. The molecule has 0 radical (unpaired) electrons. The lowest BCUT2D eigenvalue weighted by Crippen LogP contribution is -2.44. The normalized spacial score (nSPS) is 14.9. The zero-order chi connectivity index (χ0) is 15.4. The standard InChI is InChI=1S/C17H20N4S/c1-13-5-3-4-6-16(13)22-14(2)15-7-8-19-17(20-15)21-11-9-18-10-12-21/h3-8,18H,2,9-12H2,1H3. The monoisotopic (exact) mass is 312 g/mol. The van der Waals surface area contributed by atoms with Gasteiger partial charge in [-0.2, -0.15) is 0 Å². The summed E-state index contributed by atoms with van der Waals surface area (Å²) < 4.78 is 0. The largest absolute Gasteiger partial charge is 0.338 e. The number of piperazine rings is 1. The van der Waals surface area contributed by atoms with Crippen molar-refractivity contribution >= 4 is 22.6 Å². The van der Waals surface area contributed by atoms with Gasteiger partial charge in [0.1, 0.15) is 0 Å². The van der Waals surface area contributed by atoms with E-state index in [1.165, 1.54) is 10.5 Å². The molecule has 4 nitrogen and oxygen atoms in total. The van der Waals surface area contributed by atoms with E-state index in [-0.39, 0.29) is 0 Å². The molecular formula is C17H20N4S. The number of hydrogen-bond acceptors (Lipinski definition) is 5. The first kappa shape index (κ1) is 15.1. The third-order valence-corrected chi connectivity index (χ3v) is 4.79. The minimum Gasteiger partial charge on any atom is -0.338 e. The molecule has 0 saturated carbocycles. The SMILES string of the molecule is C=C(Sc1ccccc1C)c1ccnc(N2CCNCC2)n1. The van der Waals surface area contributed by atoms with Gasteiger partial charge in [0.25, 0.3) is 0 Å². The predicted octanol–water partition coefficient (Wildman–Crippen LogP) is 2.96. The molecule has 2 aromatic rings. The van der Waals surface area contributed by atoms with Crippen molar-refractivity contribution in [3.63, 3.8) is 0 Å². The summed E-state index contributed by atoms with van der Waals surface area (Å²) in [4.78, 5) is 13.5. The van der Waals surface area contributed by atoms with Crippen molar-refractivity contribution in [1.82, 2.24) is 15.3 Å². The summed E-state index contributed by atoms with van der Waals surface area (Å²) in [5, 5.41) is 3.34. The average molecular weight is 312 g/mol. The van der Waals surface area contributed by atoms with E-state index in [0.29, 0.717) is 0 Å². The number of aromatic nitrogens is 2. The van der Waals surface area contributed by atoms with Crippen LogP contribution < -0.4 is 10.2 Å². The summed E-state index contributed by atoms with van der Waals surface area (Å²) in [5.74, 6) is 0.797. The highest BCUT2D eigenvalue weighted by Gasteiger charge is 2.14. The summed E-state index contributed by atoms with van der Waals surface area (Å²) in [6.45, 7) is 10.2. The van der Waals surface area contributed by atoms with E-state index in [1.807, 2.05) is 12.3 Å². The number of benzene rings is 1. The van der Waals surface area contributed by atoms with E-state index in [1.54, 1.807) is 11.8 Å². The molecule has 1 aromatic heterocycles. The van der Waals surface area contributed by atoms with Crippen LogP contribution in [0.5, 0.6) is 0 Å². The fraction of sp³-hybridized carbons (Fsp3) is 0.294. The Morgan fingerprint density at radius 1 is 1.23 bits per heavy atom. The first-order valence-corrected chi connectivity index (χ1v) is 8.27. The topological polar surface area (TPSA) is 41.1 Å². The number of nitrogens with zero attached hydrogens (tertiary/aromatic N) is 3. The summed E-state index contributed by atoms with van der Waals surface area (Å²) in [6.07, 6.45) is 1.82. The Bertz CT molecular complexity index is 665.